The number of methoxy groups -OCH3 is 1. The van der Waals surface area contributed by atoms with Crippen molar-refractivity contribution in [1.82, 2.24) is 10.2 Å². The highest BCUT2D eigenvalue weighted by molar-refractivity contribution is 5.83. The van der Waals surface area contributed by atoms with E-state index in [1.807, 2.05) is 0 Å². The van der Waals surface area contributed by atoms with Gasteiger partial charge in [0, 0.05) is 17.2 Å². The van der Waals surface area contributed by atoms with E-state index in [1.165, 1.54) is 25.3 Å². The average molecular weight is 284 g/mol. The maximum Gasteiger partial charge on any atom is 0.128 e. The standard InChI is InChI=1S/C16H13FN2O2/c1-21-12-6-7-13(15(20)8-12)16-14(9-18-19-16)10-2-4-11(17)5-3-10/h2-9,20H,1H3,(H,18,19). The molecule has 0 aliphatic heterocycles. The Morgan fingerprint density at radius 2 is 1.86 bits per heavy atom. The van der Waals surface area contributed by atoms with Crippen LogP contribution in [0.5, 0.6) is 11.5 Å². The molecule has 0 saturated heterocycles. The molecule has 2 aromatic carbocycles. The smallest absolute Gasteiger partial charge is 0.128 e. The van der Waals surface area contributed by atoms with Gasteiger partial charge in [0.2, 0.25) is 0 Å². The van der Waals surface area contributed by atoms with Gasteiger partial charge in [0.15, 0.2) is 0 Å². The number of ether oxygens (including phenoxy) is 1. The number of halogens is 1. The first kappa shape index (κ1) is 13.2. The number of benzene rings is 2. The lowest BCUT2D eigenvalue weighted by Gasteiger charge is -2.08. The van der Waals surface area contributed by atoms with Crippen LogP contribution in [0.1, 0.15) is 0 Å². The fourth-order valence-corrected chi connectivity index (χ4v) is 2.19. The van der Waals surface area contributed by atoms with Gasteiger partial charge in [-0.1, -0.05) is 12.1 Å². The van der Waals surface area contributed by atoms with Crippen LogP contribution >= 0.6 is 0 Å². The molecule has 4 nitrogen and oxygen atoms in total. The van der Waals surface area contributed by atoms with Gasteiger partial charge in [-0.3, -0.25) is 5.10 Å². The molecular weight excluding hydrogens is 271 g/mol. The number of nitrogens with zero attached hydrogens (tertiary/aromatic N) is 1. The molecule has 0 aliphatic rings. The zero-order valence-electron chi connectivity index (χ0n) is 11.3. The predicted molar refractivity (Wildman–Crippen MR) is 77.6 cm³/mol. The highest BCUT2D eigenvalue weighted by Gasteiger charge is 2.14. The van der Waals surface area contributed by atoms with E-state index in [0.717, 1.165) is 11.1 Å². The number of phenols is 1. The Morgan fingerprint density at radius 1 is 1.10 bits per heavy atom. The number of nitrogens with one attached hydrogen (secondary N) is 1. The summed E-state index contributed by atoms with van der Waals surface area (Å²) in [6.45, 7) is 0. The first-order valence-electron chi connectivity index (χ1n) is 6.35. The van der Waals surface area contributed by atoms with Gasteiger partial charge in [0.05, 0.1) is 19.0 Å². The van der Waals surface area contributed by atoms with Crippen LogP contribution in [0.25, 0.3) is 22.4 Å². The summed E-state index contributed by atoms with van der Waals surface area (Å²) in [7, 11) is 1.54. The van der Waals surface area contributed by atoms with Crippen LogP contribution < -0.4 is 4.74 Å². The average Bonchev–Trinajstić information content (AvgIpc) is 2.97. The van der Waals surface area contributed by atoms with Gasteiger partial charge >= 0.3 is 0 Å². The SMILES string of the molecule is COc1ccc(-c2[nH]ncc2-c2ccc(F)cc2)c(O)c1. The van der Waals surface area contributed by atoms with Crippen LogP contribution in [0.2, 0.25) is 0 Å². The minimum atomic E-state index is -0.295. The third-order valence-corrected chi connectivity index (χ3v) is 3.27. The van der Waals surface area contributed by atoms with Crippen LogP contribution in [0, 0.1) is 5.82 Å². The van der Waals surface area contributed by atoms with E-state index in [2.05, 4.69) is 10.2 Å². The number of aromatic nitrogens is 2. The zero-order valence-corrected chi connectivity index (χ0v) is 11.3. The molecule has 1 heterocycles. The Hall–Kier alpha value is -2.82. The number of aromatic hydroxyl groups is 1. The molecule has 2 N–H and O–H groups in total. The lowest BCUT2D eigenvalue weighted by Crippen LogP contribution is -1.87. The molecule has 0 unspecified atom stereocenters. The molecule has 0 radical (unpaired) electrons. The number of phenolic OH excluding ortho intramolecular Hbond substituents is 1. The second kappa shape index (κ2) is 5.28. The van der Waals surface area contributed by atoms with Crippen molar-refractivity contribution in [2.45, 2.75) is 0 Å². The number of hydrogen-bond donors (Lipinski definition) is 2. The van der Waals surface area contributed by atoms with E-state index in [0.29, 0.717) is 17.0 Å². The minimum Gasteiger partial charge on any atom is -0.507 e. The quantitative estimate of drug-likeness (QED) is 0.772. The number of aromatic amines is 1. The van der Waals surface area contributed by atoms with E-state index in [4.69, 9.17) is 4.74 Å². The van der Waals surface area contributed by atoms with Crippen molar-refractivity contribution >= 4 is 0 Å². The lowest BCUT2D eigenvalue weighted by atomic mass is 10.0. The molecule has 0 saturated carbocycles. The van der Waals surface area contributed by atoms with Crippen LogP contribution in [0.4, 0.5) is 4.39 Å². The Kier molecular flexibility index (Phi) is 3.31. The van der Waals surface area contributed by atoms with Gasteiger partial charge in [-0.15, -0.1) is 0 Å². The summed E-state index contributed by atoms with van der Waals surface area (Å²) in [6, 6.07) is 11.2. The van der Waals surface area contributed by atoms with Gasteiger partial charge < -0.3 is 9.84 Å². The third kappa shape index (κ3) is 2.45. The maximum atomic E-state index is 13.0. The van der Waals surface area contributed by atoms with Crippen LogP contribution in [-0.2, 0) is 0 Å². The highest BCUT2D eigenvalue weighted by Crippen LogP contribution is 2.36. The summed E-state index contributed by atoms with van der Waals surface area (Å²) in [4.78, 5) is 0. The Balaban J connectivity index is 2.09. The van der Waals surface area contributed by atoms with Gasteiger partial charge in [0.25, 0.3) is 0 Å². The van der Waals surface area contributed by atoms with E-state index in [9.17, 15) is 9.50 Å². The van der Waals surface area contributed by atoms with Crippen molar-refractivity contribution in [3.63, 3.8) is 0 Å². The van der Waals surface area contributed by atoms with Crippen LogP contribution in [0.15, 0.2) is 48.7 Å². The fourth-order valence-electron chi connectivity index (χ4n) is 2.19. The molecule has 0 spiro atoms. The van der Waals surface area contributed by atoms with E-state index in [1.54, 1.807) is 30.5 Å². The van der Waals surface area contributed by atoms with Crippen molar-refractivity contribution in [1.29, 1.82) is 0 Å². The Labute approximate surface area is 120 Å². The second-order valence-corrected chi connectivity index (χ2v) is 4.55. The van der Waals surface area contributed by atoms with Crippen molar-refractivity contribution in [3.05, 3.63) is 54.5 Å². The van der Waals surface area contributed by atoms with Crippen molar-refractivity contribution in [2.24, 2.45) is 0 Å². The molecule has 3 rings (SSSR count). The summed E-state index contributed by atoms with van der Waals surface area (Å²) in [5, 5.41) is 17.0. The molecule has 21 heavy (non-hydrogen) atoms. The number of rotatable bonds is 3. The minimum absolute atomic E-state index is 0.0851. The molecule has 5 heteroatoms. The summed E-state index contributed by atoms with van der Waals surface area (Å²) in [5.74, 6) is 0.358. The molecular formula is C16H13FN2O2. The molecule has 0 fully saturated rings. The number of hydrogen-bond acceptors (Lipinski definition) is 3. The lowest BCUT2D eigenvalue weighted by molar-refractivity contribution is 0.408. The second-order valence-electron chi connectivity index (χ2n) is 4.55. The van der Waals surface area contributed by atoms with Gasteiger partial charge in [-0.05, 0) is 29.8 Å². The molecule has 0 atom stereocenters. The molecule has 0 aliphatic carbocycles. The molecule has 0 bridgehead atoms. The van der Waals surface area contributed by atoms with Crippen LogP contribution in [-0.4, -0.2) is 22.4 Å². The van der Waals surface area contributed by atoms with Gasteiger partial charge in [0.1, 0.15) is 17.3 Å². The van der Waals surface area contributed by atoms with Crippen LogP contribution in [0.3, 0.4) is 0 Å². The topological polar surface area (TPSA) is 58.1 Å². The van der Waals surface area contributed by atoms with E-state index >= 15 is 0 Å². The van der Waals surface area contributed by atoms with Gasteiger partial charge in [-0.2, -0.15) is 5.10 Å². The van der Waals surface area contributed by atoms with Gasteiger partial charge in [-0.25, -0.2) is 4.39 Å². The summed E-state index contributed by atoms with van der Waals surface area (Å²) >= 11 is 0. The summed E-state index contributed by atoms with van der Waals surface area (Å²) in [5.41, 5.74) is 2.88. The van der Waals surface area contributed by atoms with E-state index < -0.39 is 0 Å². The molecule has 3 aromatic rings. The van der Waals surface area contributed by atoms with Crippen molar-refractivity contribution in [2.75, 3.05) is 7.11 Å². The maximum absolute atomic E-state index is 13.0. The van der Waals surface area contributed by atoms with Crippen molar-refractivity contribution in [3.8, 4) is 33.9 Å². The van der Waals surface area contributed by atoms with E-state index in [-0.39, 0.29) is 11.6 Å². The first-order valence-corrected chi connectivity index (χ1v) is 6.35. The highest BCUT2D eigenvalue weighted by atomic mass is 19.1. The first-order chi connectivity index (χ1) is 10.2. The normalized spacial score (nSPS) is 10.6. The molecule has 106 valence electrons. The summed E-state index contributed by atoms with van der Waals surface area (Å²) < 4.78 is 18.1. The molecule has 0 amide bonds. The Morgan fingerprint density at radius 3 is 2.52 bits per heavy atom. The largest absolute Gasteiger partial charge is 0.507 e. The monoisotopic (exact) mass is 284 g/mol. The van der Waals surface area contributed by atoms with Crippen molar-refractivity contribution < 1.29 is 14.2 Å². The molecule has 1 aromatic heterocycles. The fraction of sp³-hybridized carbons (Fsp3) is 0.0625. The zero-order chi connectivity index (χ0) is 14.8. The number of H-pyrrole nitrogens is 1. The third-order valence-electron chi connectivity index (χ3n) is 3.27. The Bertz CT molecular complexity index is 766. The summed E-state index contributed by atoms with van der Waals surface area (Å²) in [6.07, 6.45) is 1.65. The predicted octanol–water partition coefficient (Wildman–Crippen LogP) is 3.60.